The molecule has 0 aliphatic rings. The number of carbonyl (C=O) groups excluding carboxylic acids is 2. The smallest absolute Gasteiger partial charge is 0.267 e. The Morgan fingerprint density at radius 1 is 0.767 bits per heavy atom. The van der Waals surface area contributed by atoms with E-state index < -0.39 is 11.8 Å². The predicted octanol–water partition coefficient (Wildman–Crippen LogP) is 3.75. The van der Waals surface area contributed by atoms with Crippen molar-refractivity contribution in [3.05, 3.63) is 76.1 Å². The first kappa shape index (κ1) is 19.7. The first-order valence-electron chi connectivity index (χ1n) is 9.31. The van der Waals surface area contributed by atoms with Gasteiger partial charge in [-0.05, 0) is 39.0 Å². The number of fused-ring (bicyclic) bond motifs is 1. The summed E-state index contributed by atoms with van der Waals surface area (Å²) in [6.45, 7) is 5.53. The molecule has 8 heteroatoms. The summed E-state index contributed by atoms with van der Waals surface area (Å²) < 4.78 is 0. The zero-order valence-electron chi connectivity index (χ0n) is 16.7. The first-order chi connectivity index (χ1) is 14.4. The van der Waals surface area contributed by atoms with Crippen LogP contribution in [0.25, 0.3) is 21.6 Å². The fourth-order valence-corrected chi connectivity index (χ4v) is 3.89. The van der Waals surface area contributed by atoms with E-state index in [4.69, 9.17) is 0 Å². The summed E-state index contributed by atoms with van der Waals surface area (Å²) in [6.07, 6.45) is 0. The molecule has 0 aliphatic heterocycles. The second-order valence-electron chi connectivity index (χ2n) is 6.81. The number of hydrogen-bond acceptors (Lipinski definition) is 6. The van der Waals surface area contributed by atoms with Crippen molar-refractivity contribution in [2.75, 3.05) is 0 Å². The van der Waals surface area contributed by atoms with E-state index in [1.54, 1.807) is 25.1 Å². The summed E-state index contributed by atoms with van der Waals surface area (Å²) in [7, 11) is 0. The molecule has 2 aromatic carbocycles. The SMILES string of the molecule is Cc1nc2ccc(C(=O)NNC(=O)c3sc(-c4ccccc4)nc3C)cc2nc1C. The minimum Gasteiger partial charge on any atom is -0.267 e. The maximum Gasteiger partial charge on any atom is 0.281 e. The molecule has 0 bridgehead atoms. The van der Waals surface area contributed by atoms with Gasteiger partial charge in [0.25, 0.3) is 11.8 Å². The minimum atomic E-state index is -0.435. The van der Waals surface area contributed by atoms with E-state index in [2.05, 4.69) is 25.8 Å². The van der Waals surface area contributed by atoms with Gasteiger partial charge in [0.1, 0.15) is 9.88 Å². The highest BCUT2D eigenvalue weighted by molar-refractivity contribution is 7.17. The quantitative estimate of drug-likeness (QED) is 0.495. The molecule has 0 fully saturated rings. The molecule has 4 rings (SSSR count). The zero-order chi connectivity index (χ0) is 21.3. The third-order valence-corrected chi connectivity index (χ3v) is 5.86. The Balaban J connectivity index is 1.47. The molecule has 7 nitrogen and oxygen atoms in total. The molecule has 0 unspecified atom stereocenters. The normalized spacial score (nSPS) is 10.8. The van der Waals surface area contributed by atoms with Gasteiger partial charge >= 0.3 is 0 Å². The van der Waals surface area contributed by atoms with Gasteiger partial charge in [0, 0.05) is 11.1 Å². The lowest BCUT2D eigenvalue weighted by atomic mass is 10.1. The number of nitrogens with zero attached hydrogens (tertiary/aromatic N) is 3. The molecule has 2 amide bonds. The zero-order valence-corrected chi connectivity index (χ0v) is 17.5. The summed E-state index contributed by atoms with van der Waals surface area (Å²) >= 11 is 1.28. The lowest BCUT2D eigenvalue weighted by Gasteiger charge is -2.08. The molecule has 0 atom stereocenters. The Morgan fingerprint density at radius 2 is 1.43 bits per heavy atom. The highest BCUT2D eigenvalue weighted by atomic mass is 32.1. The van der Waals surface area contributed by atoms with Gasteiger partial charge in [0.05, 0.1) is 28.1 Å². The van der Waals surface area contributed by atoms with Crippen LogP contribution in [-0.4, -0.2) is 26.8 Å². The fraction of sp³-hybridized carbons (Fsp3) is 0.136. The van der Waals surface area contributed by atoms with Crippen molar-refractivity contribution in [2.24, 2.45) is 0 Å². The molecular weight excluding hydrogens is 398 g/mol. The van der Waals surface area contributed by atoms with Gasteiger partial charge in [-0.25, -0.2) is 15.0 Å². The van der Waals surface area contributed by atoms with Crippen molar-refractivity contribution in [2.45, 2.75) is 20.8 Å². The van der Waals surface area contributed by atoms with Gasteiger partial charge in [0.15, 0.2) is 0 Å². The van der Waals surface area contributed by atoms with E-state index in [9.17, 15) is 9.59 Å². The number of aryl methyl sites for hydroxylation is 3. The van der Waals surface area contributed by atoms with Gasteiger partial charge in [-0.1, -0.05) is 30.3 Å². The second-order valence-corrected chi connectivity index (χ2v) is 7.80. The Bertz CT molecular complexity index is 1270. The van der Waals surface area contributed by atoms with Crippen molar-refractivity contribution in [1.29, 1.82) is 0 Å². The van der Waals surface area contributed by atoms with E-state index >= 15 is 0 Å². The summed E-state index contributed by atoms with van der Waals surface area (Å²) in [6, 6.07) is 14.7. The van der Waals surface area contributed by atoms with Crippen molar-refractivity contribution >= 4 is 34.2 Å². The van der Waals surface area contributed by atoms with Crippen molar-refractivity contribution in [1.82, 2.24) is 25.8 Å². The van der Waals surface area contributed by atoms with E-state index in [-0.39, 0.29) is 0 Å². The van der Waals surface area contributed by atoms with Gasteiger partial charge < -0.3 is 0 Å². The summed E-state index contributed by atoms with van der Waals surface area (Å²) in [5.74, 6) is -0.844. The predicted molar refractivity (Wildman–Crippen MR) is 116 cm³/mol. The molecule has 0 saturated carbocycles. The minimum absolute atomic E-state index is 0.381. The molecule has 2 N–H and O–H groups in total. The van der Waals surface area contributed by atoms with Gasteiger partial charge in [0.2, 0.25) is 0 Å². The summed E-state index contributed by atoms with van der Waals surface area (Å²) in [5.41, 5.74) is 9.85. The first-order valence-corrected chi connectivity index (χ1v) is 10.1. The highest BCUT2D eigenvalue weighted by Gasteiger charge is 2.17. The van der Waals surface area contributed by atoms with Crippen LogP contribution in [0.4, 0.5) is 0 Å². The second kappa shape index (κ2) is 8.00. The number of nitrogens with one attached hydrogen (secondary N) is 2. The fourth-order valence-electron chi connectivity index (χ4n) is 2.93. The van der Waals surface area contributed by atoms with Gasteiger partial charge in [-0.15, -0.1) is 11.3 Å². The average molecular weight is 417 g/mol. The van der Waals surface area contributed by atoms with Crippen LogP contribution in [0.15, 0.2) is 48.5 Å². The number of carbonyl (C=O) groups is 2. The molecular formula is C22H19N5O2S. The van der Waals surface area contributed by atoms with Crippen molar-refractivity contribution in [3.8, 4) is 10.6 Å². The topological polar surface area (TPSA) is 96.9 Å². The highest BCUT2D eigenvalue weighted by Crippen LogP contribution is 2.27. The number of aromatic nitrogens is 3. The molecule has 2 aromatic heterocycles. The molecule has 0 spiro atoms. The Kier molecular flexibility index (Phi) is 5.24. The third kappa shape index (κ3) is 3.90. The third-order valence-electron chi connectivity index (χ3n) is 4.65. The monoisotopic (exact) mass is 417 g/mol. The largest absolute Gasteiger partial charge is 0.281 e. The lowest BCUT2D eigenvalue weighted by molar-refractivity contribution is 0.0848. The van der Waals surface area contributed by atoms with Crippen molar-refractivity contribution in [3.63, 3.8) is 0 Å². The number of hydrogen-bond donors (Lipinski definition) is 2. The van der Waals surface area contributed by atoms with Crippen LogP contribution in [-0.2, 0) is 0 Å². The van der Waals surface area contributed by atoms with Crippen LogP contribution in [0.2, 0.25) is 0 Å². The number of thiazole rings is 1. The molecule has 0 saturated heterocycles. The average Bonchev–Trinajstić information content (AvgIpc) is 3.14. The molecule has 2 heterocycles. The van der Waals surface area contributed by atoms with Crippen LogP contribution in [0.3, 0.4) is 0 Å². The lowest BCUT2D eigenvalue weighted by Crippen LogP contribution is -2.41. The standard InChI is InChI=1S/C22H19N5O2S/c1-12-13(2)24-18-11-16(9-10-17(18)23-12)20(28)26-27-21(29)19-14(3)25-22(30-19)15-7-5-4-6-8-15/h4-11H,1-3H3,(H,26,28)(H,27,29). The van der Waals surface area contributed by atoms with Crippen molar-refractivity contribution < 1.29 is 9.59 Å². The molecule has 4 aromatic rings. The van der Waals surface area contributed by atoms with E-state index in [1.807, 2.05) is 44.2 Å². The summed E-state index contributed by atoms with van der Waals surface area (Å²) in [4.78, 5) is 38.9. The van der Waals surface area contributed by atoms with E-state index in [1.165, 1.54) is 11.3 Å². The van der Waals surface area contributed by atoms with Crippen LogP contribution in [0.5, 0.6) is 0 Å². The van der Waals surface area contributed by atoms with Crippen LogP contribution in [0.1, 0.15) is 37.1 Å². The van der Waals surface area contributed by atoms with E-state index in [0.29, 0.717) is 27.2 Å². The Hall–Kier alpha value is -3.65. The summed E-state index contributed by atoms with van der Waals surface area (Å²) in [5, 5.41) is 0.753. The Morgan fingerprint density at radius 3 is 2.17 bits per heavy atom. The number of benzene rings is 2. The number of hydrazine groups is 1. The molecule has 30 heavy (non-hydrogen) atoms. The number of amides is 2. The van der Waals surface area contributed by atoms with Crippen LogP contribution in [0, 0.1) is 20.8 Å². The van der Waals surface area contributed by atoms with Gasteiger partial charge in [-0.2, -0.15) is 0 Å². The van der Waals surface area contributed by atoms with E-state index in [0.717, 1.165) is 22.0 Å². The molecule has 150 valence electrons. The van der Waals surface area contributed by atoms with Gasteiger partial charge in [-0.3, -0.25) is 20.4 Å². The molecule has 0 aliphatic carbocycles. The number of rotatable bonds is 3. The van der Waals surface area contributed by atoms with Crippen LogP contribution < -0.4 is 10.9 Å². The maximum absolute atomic E-state index is 12.6. The maximum atomic E-state index is 12.6. The van der Waals surface area contributed by atoms with Crippen LogP contribution >= 0.6 is 11.3 Å². The Labute approximate surface area is 177 Å². The molecule has 0 radical (unpaired) electrons.